The van der Waals surface area contributed by atoms with Crippen molar-refractivity contribution in [3.8, 4) is 0 Å². The molecule has 98 valence electrons. The van der Waals surface area contributed by atoms with Crippen molar-refractivity contribution < 1.29 is 9.59 Å². The van der Waals surface area contributed by atoms with Gasteiger partial charge in [0, 0.05) is 22.7 Å². The summed E-state index contributed by atoms with van der Waals surface area (Å²) in [6.45, 7) is 3.16. The van der Waals surface area contributed by atoms with E-state index >= 15 is 0 Å². The number of nitrogens with one attached hydrogen (secondary N) is 3. The fraction of sp³-hybridized carbons (Fsp3) is 0.500. The van der Waals surface area contributed by atoms with Crippen LogP contribution in [0.1, 0.15) is 23.1 Å². The van der Waals surface area contributed by atoms with Crippen molar-refractivity contribution >= 4 is 23.3 Å². The Labute approximate surface area is 110 Å². The summed E-state index contributed by atoms with van der Waals surface area (Å²) in [6.07, 6.45) is 1.39. The molecule has 2 rings (SSSR count). The predicted octanol–water partition coefficient (Wildman–Crippen LogP) is 0.998. The maximum Gasteiger partial charge on any atom is 0.315 e. The van der Waals surface area contributed by atoms with Gasteiger partial charge >= 0.3 is 6.03 Å². The largest absolute Gasteiger partial charge is 0.354 e. The molecule has 3 N–H and O–H groups in total. The maximum atomic E-state index is 11.6. The highest BCUT2D eigenvalue weighted by molar-refractivity contribution is 7.11. The van der Waals surface area contributed by atoms with E-state index < -0.39 is 0 Å². The third kappa shape index (κ3) is 3.46. The lowest BCUT2D eigenvalue weighted by molar-refractivity contribution is -0.119. The Morgan fingerprint density at radius 1 is 1.50 bits per heavy atom. The maximum absolute atomic E-state index is 11.6. The van der Waals surface area contributed by atoms with Crippen LogP contribution in [0.3, 0.4) is 0 Å². The van der Waals surface area contributed by atoms with E-state index in [1.807, 2.05) is 6.07 Å². The van der Waals surface area contributed by atoms with Crippen LogP contribution in [0.25, 0.3) is 0 Å². The number of carbonyl (C=O) groups excluding carboxylic acids is 2. The Morgan fingerprint density at radius 2 is 2.28 bits per heavy atom. The topological polar surface area (TPSA) is 70.2 Å². The van der Waals surface area contributed by atoms with Crippen LogP contribution in [0.5, 0.6) is 0 Å². The third-order valence-electron chi connectivity index (χ3n) is 2.80. The van der Waals surface area contributed by atoms with Crippen molar-refractivity contribution in [2.45, 2.75) is 32.4 Å². The molecule has 0 aromatic carbocycles. The molecular formula is C12H17N3O2S. The highest BCUT2D eigenvalue weighted by Gasteiger charge is 2.22. The molecule has 0 aliphatic carbocycles. The number of carbonyl (C=O) groups is 2. The van der Waals surface area contributed by atoms with Crippen molar-refractivity contribution in [2.24, 2.45) is 0 Å². The number of hydrogen-bond donors (Lipinski definition) is 3. The second kappa shape index (κ2) is 5.86. The second-order valence-corrected chi connectivity index (χ2v) is 5.51. The molecule has 1 aliphatic heterocycles. The molecule has 1 unspecified atom stereocenters. The minimum absolute atomic E-state index is 0.00820. The fourth-order valence-corrected chi connectivity index (χ4v) is 2.72. The molecule has 1 aliphatic rings. The molecule has 18 heavy (non-hydrogen) atoms. The van der Waals surface area contributed by atoms with Crippen LogP contribution >= 0.6 is 11.3 Å². The number of rotatable bonds is 4. The average molecular weight is 267 g/mol. The Hall–Kier alpha value is -1.56. The molecule has 2 heterocycles. The number of amides is 3. The fourth-order valence-electron chi connectivity index (χ4n) is 1.82. The van der Waals surface area contributed by atoms with E-state index in [-0.39, 0.29) is 18.0 Å². The first-order valence-corrected chi connectivity index (χ1v) is 6.87. The van der Waals surface area contributed by atoms with E-state index in [1.54, 1.807) is 11.3 Å². The van der Waals surface area contributed by atoms with Gasteiger partial charge in [-0.15, -0.1) is 11.3 Å². The first kappa shape index (κ1) is 12.9. The van der Waals surface area contributed by atoms with Crippen LogP contribution in [0.2, 0.25) is 0 Å². The number of hydrogen-bond acceptors (Lipinski definition) is 3. The van der Waals surface area contributed by atoms with Crippen LogP contribution in [-0.4, -0.2) is 24.5 Å². The molecule has 0 spiro atoms. The summed E-state index contributed by atoms with van der Waals surface area (Å²) in [5.74, 6) is -0.00820. The van der Waals surface area contributed by atoms with Crippen LogP contribution in [-0.2, 0) is 17.8 Å². The number of thiophene rings is 1. The summed E-state index contributed by atoms with van der Waals surface area (Å²) in [6, 6.07) is 3.80. The van der Waals surface area contributed by atoms with Crippen LogP contribution in [0.15, 0.2) is 12.1 Å². The highest BCUT2D eigenvalue weighted by atomic mass is 32.1. The molecule has 1 aromatic heterocycles. The molecule has 5 nitrogen and oxygen atoms in total. The van der Waals surface area contributed by atoms with Crippen LogP contribution < -0.4 is 16.0 Å². The van der Waals surface area contributed by atoms with Crippen molar-refractivity contribution in [1.29, 1.82) is 0 Å². The summed E-state index contributed by atoms with van der Waals surface area (Å²) in [4.78, 5) is 25.0. The summed E-state index contributed by atoms with van der Waals surface area (Å²) in [7, 11) is 0. The molecule has 0 bridgehead atoms. The Kier molecular flexibility index (Phi) is 4.19. The third-order valence-corrected chi connectivity index (χ3v) is 4.03. The SMILES string of the molecule is CCc1ccc(CNC(=O)NC2CNC(=O)C2)s1. The van der Waals surface area contributed by atoms with E-state index in [4.69, 9.17) is 0 Å². The first-order valence-electron chi connectivity index (χ1n) is 6.06. The van der Waals surface area contributed by atoms with Gasteiger partial charge in [-0.3, -0.25) is 4.79 Å². The predicted molar refractivity (Wildman–Crippen MR) is 70.5 cm³/mol. The Morgan fingerprint density at radius 3 is 2.89 bits per heavy atom. The molecule has 0 saturated carbocycles. The summed E-state index contributed by atoms with van der Waals surface area (Å²) in [5, 5.41) is 8.25. The quantitative estimate of drug-likeness (QED) is 0.761. The van der Waals surface area contributed by atoms with E-state index in [1.165, 1.54) is 4.88 Å². The van der Waals surface area contributed by atoms with Gasteiger partial charge in [0.05, 0.1) is 12.6 Å². The van der Waals surface area contributed by atoms with Gasteiger partial charge in [0.1, 0.15) is 0 Å². The Balaban J connectivity index is 1.73. The first-order chi connectivity index (χ1) is 8.67. The zero-order valence-corrected chi connectivity index (χ0v) is 11.1. The van der Waals surface area contributed by atoms with Crippen molar-refractivity contribution in [3.05, 3.63) is 21.9 Å². The molecule has 0 radical (unpaired) electrons. The van der Waals surface area contributed by atoms with Crippen molar-refractivity contribution in [2.75, 3.05) is 6.54 Å². The standard InChI is InChI=1S/C12H17N3O2S/c1-2-9-3-4-10(18-9)7-14-12(17)15-8-5-11(16)13-6-8/h3-4,8H,2,5-7H2,1H3,(H,13,16)(H2,14,15,17). The summed E-state index contributed by atoms with van der Waals surface area (Å²) >= 11 is 1.71. The molecule has 1 atom stereocenters. The zero-order valence-electron chi connectivity index (χ0n) is 10.3. The average Bonchev–Trinajstić information content (AvgIpc) is 2.95. The number of urea groups is 1. The van der Waals surface area contributed by atoms with Gasteiger partial charge in [-0.05, 0) is 18.6 Å². The van der Waals surface area contributed by atoms with Gasteiger partial charge in [0.2, 0.25) is 5.91 Å². The van der Waals surface area contributed by atoms with E-state index in [0.717, 1.165) is 11.3 Å². The zero-order chi connectivity index (χ0) is 13.0. The monoisotopic (exact) mass is 267 g/mol. The van der Waals surface area contributed by atoms with E-state index in [2.05, 4.69) is 28.9 Å². The minimum atomic E-state index is -0.219. The summed E-state index contributed by atoms with van der Waals surface area (Å²) < 4.78 is 0. The molecule has 3 amide bonds. The van der Waals surface area contributed by atoms with E-state index in [9.17, 15) is 9.59 Å². The van der Waals surface area contributed by atoms with Gasteiger partial charge in [-0.1, -0.05) is 6.92 Å². The lowest BCUT2D eigenvalue weighted by Crippen LogP contribution is -2.42. The van der Waals surface area contributed by atoms with Crippen molar-refractivity contribution in [3.63, 3.8) is 0 Å². The summed E-state index contributed by atoms with van der Waals surface area (Å²) in [5.41, 5.74) is 0. The van der Waals surface area contributed by atoms with E-state index in [0.29, 0.717) is 19.5 Å². The lowest BCUT2D eigenvalue weighted by Gasteiger charge is -2.10. The van der Waals surface area contributed by atoms with Gasteiger partial charge in [0.15, 0.2) is 0 Å². The molecule has 1 saturated heterocycles. The number of aryl methyl sites for hydroxylation is 1. The highest BCUT2D eigenvalue weighted by Crippen LogP contribution is 2.16. The van der Waals surface area contributed by atoms with Gasteiger partial charge in [0.25, 0.3) is 0 Å². The van der Waals surface area contributed by atoms with Gasteiger partial charge in [-0.25, -0.2) is 4.79 Å². The normalized spacial score (nSPS) is 18.5. The van der Waals surface area contributed by atoms with Gasteiger partial charge in [-0.2, -0.15) is 0 Å². The van der Waals surface area contributed by atoms with Gasteiger partial charge < -0.3 is 16.0 Å². The second-order valence-electron chi connectivity index (χ2n) is 4.25. The van der Waals surface area contributed by atoms with Crippen LogP contribution in [0.4, 0.5) is 4.79 Å². The molecule has 1 aromatic rings. The van der Waals surface area contributed by atoms with Crippen LogP contribution in [0, 0.1) is 0 Å². The van der Waals surface area contributed by atoms with Crippen molar-refractivity contribution in [1.82, 2.24) is 16.0 Å². The molecule has 1 fully saturated rings. The smallest absolute Gasteiger partial charge is 0.315 e. The minimum Gasteiger partial charge on any atom is -0.354 e. The lowest BCUT2D eigenvalue weighted by atomic mass is 10.2. The molecule has 6 heteroatoms. The Bertz CT molecular complexity index is 444. The molecular weight excluding hydrogens is 250 g/mol.